The molecule has 198 valence electrons. The van der Waals surface area contributed by atoms with Crippen LogP contribution in [0.5, 0.6) is 0 Å². The standard InChI is InChI=1S/C27H33FN4O5/c1-15-23(14-21-20-11-17(28)5-6-22(20)31-26(21)36)30-16(2)25(15)27(37)29-8-7-18(33)12-19(34)13-24(35)32-9-3-4-10-32/h5-6,11,14,18-19,30,33-34H,3-4,7-10,12-13H2,1-2H3,(H,29,37)(H,31,36)/t18-,19-/m1/s1. The maximum Gasteiger partial charge on any atom is 0.256 e. The highest BCUT2D eigenvalue weighted by Gasteiger charge is 2.26. The third-order valence-corrected chi connectivity index (χ3v) is 6.93. The molecule has 0 aliphatic carbocycles. The predicted octanol–water partition coefficient (Wildman–Crippen LogP) is 2.51. The lowest BCUT2D eigenvalue weighted by Crippen LogP contribution is -2.33. The number of likely N-dealkylation sites (tertiary alicyclic amines) is 1. The van der Waals surface area contributed by atoms with Crippen LogP contribution in [0.15, 0.2) is 18.2 Å². The number of benzene rings is 1. The lowest BCUT2D eigenvalue weighted by atomic mass is 10.0. The molecule has 1 aromatic heterocycles. The molecule has 2 aromatic rings. The molecule has 2 aliphatic heterocycles. The molecule has 3 amide bonds. The van der Waals surface area contributed by atoms with Crippen LogP contribution in [0.2, 0.25) is 0 Å². The summed E-state index contributed by atoms with van der Waals surface area (Å²) in [4.78, 5) is 42.3. The summed E-state index contributed by atoms with van der Waals surface area (Å²) in [5.41, 5.74) is 3.52. The van der Waals surface area contributed by atoms with E-state index in [1.54, 1.807) is 24.8 Å². The molecule has 5 N–H and O–H groups in total. The molecule has 4 rings (SSSR count). The van der Waals surface area contributed by atoms with Gasteiger partial charge in [-0.1, -0.05) is 0 Å². The molecule has 3 heterocycles. The number of carbonyl (C=O) groups is 3. The summed E-state index contributed by atoms with van der Waals surface area (Å²) in [5, 5.41) is 25.9. The van der Waals surface area contributed by atoms with Crippen molar-refractivity contribution in [3.05, 3.63) is 52.1 Å². The van der Waals surface area contributed by atoms with Gasteiger partial charge in [0.15, 0.2) is 0 Å². The van der Waals surface area contributed by atoms with Crippen LogP contribution >= 0.6 is 0 Å². The highest BCUT2D eigenvalue weighted by molar-refractivity contribution is 6.34. The van der Waals surface area contributed by atoms with E-state index in [1.165, 1.54) is 18.2 Å². The Morgan fingerprint density at radius 2 is 1.92 bits per heavy atom. The van der Waals surface area contributed by atoms with E-state index >= 15 is 0 Å². The maximum absolute atomic E-state index is 13.7. The number of nitrogens with zero attached hydrogens (tertiary/aromatic N) is 1. The van der Waals surface area contributed by atoms with E-state index in [0.717, 1.165) is 25.9 Å². The van der Waals surface area contributed by atoms with Crippen LogP contribution in [0.3, 0.4) is 0 Å². The highest BCUT2D eigenvalue weighted by Crippen LogP contribution is 2.34. The normalized spacial score (nSPS) is 17.6. The van der Waals surface area contributed by atoms with Gasteiger partial charge >= 0.3 is 0 Å². The van der Waals surface area contributed by atoms with E-state index in [4.69, 9.17) is 0 Å². The maximum atomic E-state index is 13.7. The molecule has 1 saturated heterocycles. The summed E-state index contributed by atoms with van der Waals surface area (Å²) < 4.78 is 13.7. The van der Waals surface area contributed by atoms with E-state index in [2.05, 4.69) is 15.6 Å². The number of fused-ring (bicyclic) bond motifs is 1. The van der Waals surface area contributed by atoms with Crippen molar-refractivity contribution in [3.8, 4) is 0 Å². The molecule has 1 fully saturated rings. The first kappa shape index (κ1) is 26.6. The Balaban J connectivity index is 1.33. The smallest absolute Gasteiger partial charge is 0.256 e. The number of aliphatic hydroxyl groups excluding tert-OH is 2. The van der Waals surface area contributed by atoms with E-state index in [-0.39, 0.29) is 43.5 Å². The van der Waals surface area contributed by atoms with Gasteiger partial charge < -0.3 is 30.7 Å². The zero-order chi connectivity index (χ0) is 26.7. The number of hydrogen-bond acceptors (Lipinski definition) is 5. The summed E-state index contributed by atoms with van der Waals surface area (Å²) in [6.07, 6.45) is 2.03. The summed E-state index contributed by atoms with van der Waals surface area (Å²) in [5.74, 6) is -1.24. The molecule has 0 bridgehead atoms. The summed E-state index contributed by atoms with van der Waals surface area (Å²) in [6.45, 7) is 5.12. The van der Waals surface area contributed by atoms with Crippen LogP contribution in [0.25, 0.3) is 11.6 Å². The van der Waals surface area contributed by atoms with E-state index in [0.29, 0.717) is 39.3 Å². The number of nitrogens with one attached hydrogen (secondary N) is 3. The SMILES string of the molecule is Cc1[nH]c(C=C2C(=O)Nc3ccc(F)cc32)c(C)c1C(=O)NCC[C@@H](O)C[C@@H](O)CC(=O)N1CCCC1. The highest BCUT2D eigenvalue weighted by atomic mass is 19.1. The Bertz CT molecular complexity index is 1230. The predicted molar refractivity (Wildman–Crippen MR) is 137 cm³/mol. The van der Waals surface area contributed by atoms with Crippen LogP contribution in [0.1, 0.15) is 65.0 Å². The molecule has 0 spiro atoms. The Morgan fingerprint density at radius 1 is 1.19 bits per heavy atom. The fraction of sp³-hybridized carbons (Fsp3) is 0.444. The Labute approximate surface area is 214 Å². The molecule has 2 aliphatic rings. The van der Waals surface area contributed by atoms with Crippen molar-refractivity contribution in [1.29, 1.82) is 0 Å². The Morgan fingerprint density at radius 3 is 2.65 bits per heavy atom. The van der Waals surface area contributed by atoms with Gasteiger partial charge in [0.1, 0.15) is 5.82 Å². The number of aromatic amines is 1. The number of H-pyrrole nitrogens is 1. The van der Waals surface area contributed by atoms with Crippen LogP contribution in [0.4, 0.5) is 10.1 Å². The molecular weight excluding hydrogens is 479 g/mol. The van der Waals surface area contributed by atoms with Gasteiger partial charge in [0, 0.05) is 42.3 Å². The quantitative estimate of drug-likeness (QED) is 0.329. The summed E-state index contributed by atoms with van der Waals surface area (Å²) >= 11 is 0. The second-order valence-electron chi connectivity index (χ2n) is 9.75. The topological polar surface area (TPSA) is 135 Å². The van der Waals surface area contributed by atoms with Gasteiger partial charge in [-0.15, -0.1) is 0 Å². The van der Waals surface area contributed by atoms with Crippen LogP contribution in [0, 0.1) is 19.7 Å². The zero-order valence-corrected chi connectivity index (χ0v) is 21.1. The molecule has 0 radical (unpaired) electrons. The van der Waals surface area contributed by atoms with E-state index in [9.17, 15) is 29.0 Å². The first-order chi connectivity index (χ1) is 17.6. The fourth-order valence-corrected chi connectivity index (χ4v) is 4.96. The molecule has 0 saturated carbocycles. The minimum atomic E-state index is -0.935. The van der Waals surface area contributed by atoms with Gasteiger partial charge in [-0.3, -0.25) is 14.4 Å². The molecule has 2 atom stereocenters. The summed E-state index contributed by atoms with van der Waals surface area (Å²) in [7, 11) is 0. The molecule has 0 unspecified atom stereocenters. The Hall–Kier alpha value is -3.50. The van der Waals surface area contributed by atoms with E-state index in [1.807, 2.05) is 0 Å². The van der Waals surface area contributed by atoms with Crippen molar-refractivity contribution in [2.24, 2.45) is 0 Å². The van der Waals surface area contributed by atoms with E-state index < -0.39 is 18.0 Å². The molecular formula is C27H33FN4O5. The lowest BCUT2D eigenvalue weighted by Gasteiger charge is -2.19. The van der Waals surface area contributed by atoms with Crippen molar-refractivity contribution in [2.75, 3.05) is 25.0 Å². The third-order valence-electron chi connectivity index (χ3n) is 6.93. The van der Waals surface area contributed by atoms with Gasteiger partial charge in [0.2, 0.25) is 5.91 Å². The number of carbonyl (C=O) groups excluding carboxylic acids is 3. The van der Waals surface area contributed by atoms with Crippen LogP contribution < -0.4 is 10.6 Å². The zero-order valence-electron chi connectivity index (χ0n) is 21.1. The molecule has 37 heavy (non-hydrogen) atoms. The van der Waals surface area contributed by atoms with Crippen molar-refractivity contribution in [1.82, 2.24) is 15.2 Å². The number of rotatable bonds is 9. The average Bonchev–Trinajstić information content (AvgIpc) is 3.53. The minimum absolute atomic E-state index is 0.0153. The van der Waals surface area contributed by atoms with Gasteiger partial charge in [-0.2, -0.15) is 0 Å². The van der Waals surface area contributed by atoms with Gasteiger partial charge in [-0.25, -0.2) is 4.39 Å². The van der Waals surface area contributed by atoms with Gasteiger partial charge in [0.05, 0.1) is 29.8 Å². The van der Waals surface area contributed by atoms with Crippen LogP contribution in [-0.2, 0) is 9.59 Å². The molecule has 1 aromatic carbocycles. The molecule has 9 nitrogen and oxygen atoms in total. The van der Waals surface area contributed by atoms with Crippen molar-refractivity contribution in [2.45, 2.75) is 58.2 Å². The van der Waals surface area contributed by atoms with Gasteiger partial charge in [0.25, 0.3) is 11.8 Å². The monoisotopic (exact) mass is 512 g/mol. The number of anilines is 1. The largest absolute Gasteiger partial charge is 0.393 e. The number of aliphatic hydroxyl groups is 2. The fourth-order valence-electron chi connectivity index (χ4n) is 4.96. The number of hydrogen-bond donors (Lipinski definition) is 5. The summed E-state index contributed by atoms with van der Waals surface area (Å²) in [6, 6.07) is 4.08. The lowest BCUT2D eigenvalue weighted by molar-refractivity contribution is -0.132. The first-order valence-electron chi connectivity index (χ1n) is 12.6. The number of halogens is 1. The minimum Gasteiger partial charge on any atom is -0.393 e. The number of amides is 3. The van der Waals surface area contributed by atoms with Crippen LogP contribution in [-0.4, -0.2) is 69.7 Å². The number of aryl methyl sites for hydroxylation is 1. The first-order valence-corrected chi connectivity index (χ1v) is 12.6. The van der Waals surface area contributed by atoms with Gasteiger partial charge in [-0.05, 0) is 69.4 Å². The second kappa shape index (κ2) is 11.3. The second-order valence-corrected chi connectivity index (χ2v) is 9.75. The van der Waals surface area contributed by atoms with Crippen molar-refractivity contribution < 1.29 is 29.0 Å². The number of aromatic nitrogens is 1. The van der Waals surface area contributed by atoms with Crippen molar-refractivity contribution in [3.63, 3.8) is 0 Å². The Kier molecular flexibility index (Phi) is 8.09. The average molecular weight is 513 g/mol. The third kappa shape index (κ3) is 6.08. The van der Waals surface area contributed by atoms with Crippen molar-refractivity contribution >= 4 is 35.1 Å². The molecule has 10 heteroatoms.